The number of benzene rings is 1. The number of ether oxygens (including phenoxy) is 2. The number of morpholine rings is 1. The van der Waals surface area contributed by atoms with Gasteiger partial charge in [0.25, 0.3) is 0 Å². The Balaban J connectivity index is 2.14. The van der Waals surface area contributed by atoms with E-state index in [1.807, 2.05) is 25.1 Å². The highest BCUT2D eigenvalue weighted by Gasteiger charge is 2.38. The fourth-order valence-electron chi connectivity index (χ4n) is 2.60. The Morgan fingerprint density at radius 3 is 2.74 bits per heavy atom. The third-order valence-corrected chi connectivity index (χ3v) is 3.59. The van der Waals surface area contributed by atoms with Crippen molar-refractivity contribution < 1.29 is 9.47 Å². The van der Waals surface area contributed by atoms with E-state index >= 15 is 0 Å². The summed E-state index contributed by atoms with van der Waals surface area (Å²) in [6.45, 7) is 8.61. The van der Waals surface area contributed by atoms with Crippen LogP contribution >= 0.6 is 0 Å². The van der Waals surface area contributed by atoms with Crippen LogP contribution in [0.15, 0.2) is 30.3 Å². The summed E-state index contributed by atoms with van der Waals surface area (Å²) in [6.07, 6.45) is 2.46. The lowest BCUT2D eigenvalue weighted by atomic mass is 10.0. The fraction of sp³-hybridized carbons (Fsp3) is 0.625. The third kappa shape index (κ3) is 3.56. The largest absolute Gasteiger partial charge is 0.345 e. The molecule has 0 radical (unpaired) electrons. The van der Waals surface area contributed by atoms with Gasteiger partial charge in [-0.2, -0.15) is 0 Å². The molecule has 1 unspecified atom stereocenters. The van der Waals surface area contributed by atoms with Crippen molar-refractivity contribution in [1.29, 1.82) is 0 Å². The number of hydrogen-bond donors (Lipinski definition) is 0. The van der Waals surface area contributed by atoms with Crippen LogP contribution in [0, 0.1) is 0 Å². The van der Waals surface area contributed by atoms with Gasteiger partial charge in [-0.3, -0.25) is 4.90 Å². The average Bonchev–Trinajstić information content (AvgIpc) is 2.47. The second-order valence-corrected chi connectivity index (χ2v) is 5.03. The number of unbranched alkanes of at least 4 members (excludes halogenated alkanes) is 1. The summed E-state index contributed by atoms with van der Waals surface area (Å²) >= 11 is 0. The summed E-state index contributed by atoms with van der Waals surface area (Å²) in [5.74, 6) is -0.581. The Morgan fingerprint density at radius 1 is 1.26 bits per heavy atom. The lowest BCUT2D eigenvalue weighted by Crippen LogP contribution is -2.51. The zero-order chi connectivity index (χ0) is 13.6. The molecule has 1 heterocycles. The van der Waals surface area contributed by atoms with E-state index < -0.39 is 5.79 Å². The van der Waals surface area contributed by atoms with Crippen molar-refractivity contribution in [3.8, 4) is 0 Å². The van der Waals surface area contributed by atoms with Gasteiger partial charge in [0.1, 0.15) is 0 Å². The Labute approximate surface area is 116 Å². The third-order valence-electron chi connectivity index (χ3n) is 3.59. The minimum Gasteiger partial charge on any atom is -0.345 e. The van der Waals surface area contributed by atoms with E-state index in [0.717, 1.165) is 31.8 Å². The van der Waals surface area contributed by atoms with Gasteiger partial charge in [0.2, 0.25) is 5.79 Å². The van der Waals surface area contributed by atoms with Crippen LogP contribution < -0.4 is 0 Å². The molecule has 0 spiro atoms. The maximum absolute atomic E-state index is 6.04. The molecule has 1 aromatic carbocycles. The van der Waals surface area contributed by atoms with Gasteiger partial charge in [0, 0.05) is 18.7 Å². The van der Waals surface area contributed by atoms with Crippen LogP contribution in [0.3, 0.4) is 0 Å². The summed E-state index contributed by atoms with van der Waals surface area (Å²) in [4.78, 5) is 2.45. The Morgan fingerprint density at radius 2 is 2.05 bits per heavy atom. The standard InChI is InChI=1S/C16H25NO2/c1-3-5-11-17-12-13-19-16(14-17,18-4-2)15-9-7-6-8-10-15/h6-10H,3-5,11-14H2,1-2H3. The van der Waals surface area contributed by atoms with Crippen LogP contribution in [-0.2, 0) is 15.3 Å². The molecule has 19 heavy (non-hydrogen) atoms. The topological polar surface area (TPSA) is 21.7 Å². The fourth-order valence-corrected chi connectivity index (χ4v) is 2.60. The Hall–Kier alpha value is -0.900. The lowest BCUT2D eigenvalue weighted by molar-refractivity contribution is -0.274. The first-order valence-corrected chi connectivity index (χ1v) is 7.36. The van der Waals surface area contributed by atoms with E-state index in [1.165, 1.54) is 12.8 Å². The van der Waals surface area contributed by atoms with E-state index in [-0.39, 0.29) is 0 Å². The molecule has 1 fully saturated rings. The minimum absolute atomic E-state index is 0.581. The molecule has 1 aliphatic heterocycles. The van der Waals surface area contributed by atoms with Gasteiger partial charge in [0.15, 0.2) is 0 Å². The predicted octanol–water partition coefficient (Wildman–Crippen LogP) is 3.01. The minimum atomic E-state index is -0.581. The summed E-state index contributed by atoms with van der Waals surface area (Å²) in [7, 11) is 0. The smallest absolute Gasteiger partial charge is 0.208 e. The van der Waals surface area contributed by atoms with Crippen molar-refractivity contribution in [2.75, 3.05) is 32.8 Å². The van der Waals surface area contributed by atoms with Crippen molar-refractivity contribution in [1.82, 2.24) is 4.90 Å². The van der Waals surface area contributed by atoms with Crippen LogP contribution in [0.25, 0.3) is 0 Å². The van der Waals surface area contributed by atoms with Gasteiger partial charge < -0.3 is 9.47 Å². The average molecular weight is 263 g/mol. The summed E-state index contributed by atoms with van der Waals surface area (Å²) < 4.78 is 12.0. The molecule has 106 valence electrons. The van der Waals surface area contributed by atoms with Gasteiger partial charge in [-0.05, 0) is 19.9 Å². The van der Waals surface area contributed by atoms with Crippen LogP contribution in [0.1, 0.15) is 32.3 Å². The molecule has 3 nitrogen and oxygen atoms in total. The normalized spacial score (nSPS) is 24.5. The van der Waals surface area contributed by atoms with Gasteiger partial charge >= 0.3 is 0 Å². The van der Waals surface area contributed by atoms with Gasteiger partial charge in [-0.1, -0.05) is 43.7 Å². The number of rotatable bonds is 6. The zero-order valence-corrected chi connectivity index (χ0v) is 12.1. The molecular weight excluding hydrogens is 238 g/mol. The second kappa shape index (κ2) is 7.04. The first-order chi connectivity index (χ1) is 9.30. The molecule has 0 aliphatic carbocycles. The maximum atomic E-state index is 6.04. The highest BCUT2D eigenvalue weighted by molar-refractivity contribution is 5.21. The molecule has 1 atom stereocenters. The van der Waals surface area contributed by atoms with E-state index in [2.05, 4.69) is 24.0 Å². The van der Waals surface area contributed by atoms with Crippen molar-refractivity contribution in [2.24, 2.45) is 0 Å². The summed E-state index contributed by atoms with van der Waals surface area (Å²) in [6, 6.07) is 10.3. The predicted molar refractivity (Wildman–Crippen MR) is 77.0 cm³/mol. The monoisotopic (exact) mass is 263 g/mol. The molecule has 1 aromatic rings. The van der Waals surface area contributed by atoms with Gasteiger partial charge in [-0.25, -0.2) is 0 Å². The molecule has 1 saturated heterocycles. The highest BCUT2D eigenvalue weighted by Crippen LogP contribution is 2.31. The van der Waals surface area contributed by atoms with Crippen molar-refractivity contribution in [3.05, 3.63) is 35.9 Å². The van der Waals surface area contributed by atoms with Crippen LogP contribution in [0.5, 0.6) is 0 Å². The van der Waals surface area contributed by atoms with Crippen molar-refractivity contribution >= 4 is 0 Å². The SMILES string of the molecule is CCCCN1CCOC(OCC)(c2ccccc2)C1. The van der Waals surface area contributed by atoms with Gasteiger partial charge in [0.05, 0.1) is 13.2 Å². The molecule has 2 rings (SSSR count). The van der Waals surface area contributed by atoms with E-state index in [4.69, 9.17) is 9.47 Å². The molecule has 3 heteroatoms. The lowest BCUT2D eigenvalue weighted by Gasteiger charge is -2.42. The van der Waals surface area contributed by atoms with E-state index in [1.54, 1.807) is 0 Å². The maximum Gasteiger partial charge on any atom is 0.208 e. The summed E-state index contributed by atoms with van der Waals surface area (Å²) in [5.41, 5.74) is 1.12. The highest BCUT2D eigenvalue weighted by atomic mass is 16.7. The zero-order valence-electron chi connectivity index (χ0n) is 12.1. The van der Waals surface area contributed by atoms with E-state index in [9.17, 15) is 0 Å². The first kappa shape index (κ1) is 14.5. The Kier molecular flexibility index (Phi) is 5.37. The Bertz CT molecular complexity index is 364. The van der Waals surface area contributed by atoms with Crippen molar-refractivity contribution in [3.63, 3.8) is 0 Å². The molecule has 0 N–H and O–H groups in total. The quantitative estimate of drug-likeness (QED) is 0.787. The number of nitrogens with zero attached hydrogens (tertiary/aromatic N) is 1. The van der Waals surface area contributed by atoms with E-state index in [0.29, 0.717) is 6.61 Å². The van der Waals surface area contributed by atoms with Crippen LogP contribution in [0.2, 0.25) is 0 Å². The van der Waals surface area contributed by atoms with Crippen LogP contribution in [-0.4, -0.2) is 37.7 Å². The number of hydrogen-bond acceptors (Lipinski definition) is 3. The van der Waals surface area contributed by atoms with Crippen molar-refractivity contribution in [2.45, 2.75) is 32.5 Å². The van der Waals surface area contributed by atoms with Crippen LogP contribution in [0.4, 0.5) is 0 Å². The molecule has 0 aromatic heterocycles. The molecule has 0 amide bonds. The molecule has 0 saturated carbocycles. The molecular formula is C16H25NO2. The molecule has 1 aliphatic rings. The second-order valence-electron chi connectivity index (χ2n) is 5.03. The first-order valence-electron chi connectivity index (χ1n) is 7.36. The summed E-state index contributed by atoms with van der Waals surface area (Å²) in [5, 5.41) is 0. The molecule has 0 bridgehead atoms. The van der Waals surface area contributed by atoms with Gasteiger partial charge in [-0.15, -0.1) is 0 Å².